The molecule has 2 aromatic heterocycles. The molecule has 9 heteroatoms. The summed E-state index contributed by atoms with van der Waals surface area (Å²) >= 11 is 0. The van der Waals surface area contributed by atoms with Crippen molar-refractivity contribution in [2.75, 3.05) is 6.61 Å². The molecular weight excluding hydrogens is 524 g/mol. The summed E-state index contributed by atoms with van der Waals surface area (Å²) < 4.78 is 17.5. The number of nitrogens with one attached hydrogen (secondary N) is 2. The molecule has 2 saturated carbocycles. The monoisotopic (exact) mass is 568 g/mol. The first kappa shape index (κ1) is 29.6. The molecule has 1 amide bonds. The van der Waals surface area contributed by atoms with Crippen molar-refractivity contribution < 1.29 is 33.4 Å². The first-order valence-electron chi connectivity index (χ1n) is 15.0. The van der Waals surface area contributed by atoms with Crippen LogP contribution in [0.2, 0.25) is 0 Å². The minimum absolute atomic E-state index is 0.0218. The van der Waals surface area contributed by atoms with Crippen molar-refractivity contribution in [3.05, 3.63) is 47.7 Å². The lowest BCUT2D eigenvalue weighted by atomic mass is 9.65. The Morgan fingerprint density at radius 1 is 1.10 bits per heavy atom. The average molecular weight is 569 g/mol. The van der Waals surface area contributed by atoms with Crippen molar-refractivity contribution in [1.82, 2.24) is 10.3 Å². The van der Waals surface area contributed by atoms with E-state index in [0.717, 1.165) is 50.7 Å². The number of furan rings is 1. The molecule has 224 valence electrons. The second-order valence-electron chi connectivity index (χ2n) is 13.5. The van der Waals surface area contributed by atoms with Crippen molar-refractivity contribution in [2.24, 2.45) is 16.7 Å². The standard InChI is InChI=1S/C32H44N2O7/c1-30(2)19-40-31(3,4)41-28(30)27(37)22-12-15-33-26(22)23(17-25(35)36)21-10-5-6-11-24(21)34-29(38)32(13-8-14-32)18-20-9-7-16-39-20/h7,9,12,15-16,21,23-24,28,33H,5-6,8,10-11,13-14,17-19H2,1-4H3,(H,34,38)(H,35,36). The molecule has 1 aliphatic heterocycles. The Balaban J connectivity index is 1.41. The highest BCUT2D eigenvalue weighted by Gasteiger charge is 2.49. The van der Waals surface area contributed by atoms with Gasteiger partial charge in [-0.25, -0.2) is 0 Å². The summed E-state index contributed by atoms with van der Waals surface area (Å²) in [7, 11) is 0. The number of carboxylic acid groups (broad SMARTS) is 1. The number of carboxylic acids is 1. The number of amides is 1. The van der Waals surface area contributed by atoms with Gasteiger partial charge in [-0.1, -0.05) is 33.1 Å². The van der Waals surface area contributed by atoms with Gasteiger partial charge in [0.25, 0.3) is 0 Å². The van der Waals surface area contributed by atoms with E-state index in [9.17, 15) is 19.5 Å². The number of aromatic nitrogens is 1. The molecule has 1 saturated heterocycles. The topological polar surface area (TPSA) is 131 Å². The molecule has 9 nitrogen and oxygen atoms in total. The van der Waals surface area contributed by atoms with E-state index >= 15 is 0 Å². The number of ether oxygens (including phenoxy) is 2. The minimum Gasteiger partial charge on any atom is -0.481 e. The Morgan fingerprint density at radius 2 is 1.85 bits per heavy atom. The first-order valence-corrected chi connectivity index (χ1v) is 15.0. The van der Waals surface area contributed by atoms with Crippen molar-refractivity contribution >= 4 is 17.7 Å². The quantitative estimate of drug-likeness (QED) is 0.317. The van der Waals surface area contributed by atoms with Gasteiger partial charge in [0.2, 0.25) is 5.91 Å². The van der Waals surface area contributed by atoms with Gasteiger partial charge in [-0.05, 0) is 63.6 Å². The number of aliphatic carboxylic acids is 1. The molecule has 0 aromatic carbocycles. The van der Waals surface area contributed by atoms with Crippen LogP contribution in [0.25, 0.3) is 0 Å². The molecule has 3 aliphatic rings. The largest absolute Gasteiger partial charge is 0.481 e. The molecule has 3 fully saturated rings. The molecule has 2 aromatic rings. The Kier molecular flexibility index (Phi) is 8.23. The summed E-state index contributed by atoms with van der Waals surface area (Å²) in [5.74, 6) is -1.79. The van der Waals surface area contributed by atoms with Crippen LogP contribution in [0.3, 0.4) is 0 Å². The molecule has 5 rings (SSSR count). The van der Waals surface area contributed by atoms with Crippen LogP contribution in [0.4, 0.5) is 0 Å². The van der Waals surface area contributed by atoms with Crippen LogP contribution in [0.15, 0.2) is 35.1 Å². The molecule has 0 spiro atoms. The van der Waals surface area contributed by atoms with E-state index in [1.54, 1.807) is 32.4 Å². The maximum atomic E-state index is 14.0. The summed E-state index contributed by atoms with van der Waals surface area (Å²) in [6.07, 6.45) is 9.09. The summed E-state index contributed by atoms with van der Waals surface area (Å²) in [4.78, 5) is 43.2. The third kappa shape index (κ3) is 6.16. The van der Waals surface area contributed by atoms with Gasteiger partial charge in [0.05, 0.1) is 24.7 Å². The molecule has 0 bridgehead atoms. The molecule has 2 aliphatic carbocycles. The van der Waals surface area contributed by atoms with Gasteiger partial charge in [-0.3, -0.25) is 14.4 Å². The molecule has 3 N–H and O–H groups in total. The Labute approximate surface area is 241 Å². The highest BCUT2D eigenvalue weighted by molar-refractivity contribution is 6.01. The third-order valence-corrected chi connectivity index (χ3v) is 9.49. The van der Waals surface area contributed by atoms with Crippen LogP contribution in [-0.2, 0) is 25.5 Å². The third-order valence-electron chi connectivity index (χ3n) is 9.49. The number of hydrogen-bond donors (Lipinski definition) is 3. The van der Waals surface area contributed by atoms with Gasteiger partial charge in [0, 0.05) is 41.2 Å². The van der Waals surface area contributed by atoms with Gasteiger partial charge >= 0.3 is 5.97 Å². The maximum Gasteiger partial charge on any atom is 0.304 e. The fourth-order valence-electron chi connectivity index (χ4n) is 7.00. The number of aromatic amines is 1. The highest BCUT2D eigenvalue weighted by atomic mass is 16.7. The van der Waals surface area contributed by atoms with Crippen molar-refractivity contribution in [3.63, 3.8) is 0 Å². The molecule has 41 heavy (non-hydrogen) atoms. The minimum atomic E-state index is -0.935. The number of Topliss-reactive ketones (excluding diaryl/α,β-unsaturated/α-hetero) is 1. The molecule has 4 atom stereocenters. The molecule has 3 heterocycles. The normalized spacial score (nSPS) is 27.4. The summed E-state index contributed by atoms with van der Waals surface area (Å²) in [6, 6.07) is 5.30. The number of rotatable bonds is 10. The summed E-state index contributed by atoms with van der Waals surface area (Å²) in [6.45, 7) is 7.84. The van der Waals surface area contributed by atoms with Crippen LogP contribution in [0.5, 0.6) is 0 Å². The van der Waals surface area contributed by atoms with E-state index in [0.29, 0.717) is 24.3 Å². The number of carbonyl (C=O) groups excluding carboxylic acids is 2. The van der Waals surface area contributed by atoms with Crippen molar-refractivity contribution in [1.29, 1.82) is 0 Å². The van der Waals surface area contributed by atoms with E-state index in [1.165, 1.54) is 0 Å². The van der Waals surface area contributed by atoms with Gasteiger partial charge in [0.1, 0.15) is 11.9 Å². The average Bonchev–Trinajstić information content (AvgIpc) is 3.59. The predicted octanol–water partition coefficient (Wildman–Crippen LogP) is 5.61. The second-order valence-corrected chi connectivity index (χ2v) is 13.5. The zero-order valence-corrected chi connectivity index (χ0v) is 24.7. The van der Waals surface area contributed by atoms with Crippen LogP contribution in [0.1, 0.15) is 107 Å². The smallest absolute Gasteiger partial charge is 0.304 e. The number of ketones is 1. The molecule has 4 unspecified atom stereocenters. The molecular formula is C32H44N2O7. The maximum absolute atomic E-state index is 14.0. The van der Waals surface area contributed by atoms with E-state index < -0.39 is 34.6 Å². The number of H-pyrrole nitrogens is 1. The lowest BCUT2D eigenvalue weighted by Crippen LogP contribution is -2.54. The SMILES string of the molecule is CC1(C)OCC(C)(C)C(C(=O)c2cc[nH]c2C(CC(=O)O)C2CCCCC2NC(=O)C2(Cc3ccco3)CCC2)O1. The number of hydrogen-bond acceptors (Lipinski definition) is 6. The van der Waals surface area contributed by atoms with Crippen LogP contribution < -0.4 is 5.32 Å². The lowest BCUT2D eigenvalue weighted by Gasteiger charge is -2.45. The fourth-order valence-corrected chi connectivity index (χ4v) is 7.00. The highest BCUT2D eigenvalue weighted by Crippen LogP contribution is 2.46. The zero-order valence-electron chi connectivity index (χ0n) is 24.7. The van der Waals surface area contributed by atoms with Gasteiger partial charge < -0.3 is 29.3 Å². The fraction of sp³-hybridized carbons (Fsp3) is 0.656. The van der Waals surface area contributed by atoms with Crippen LogP contribution >= 0.6 is 0 Å². The summed E-state index contributed by atoms with van der Waals surface area (Å²) in [5, 5.41) is 13.4. The van der Waals surface area contributed by atoms with Gasteiger partial charge in [-0.15, -0.1) is 0 Å². The van der Waals surface area contributed by atoms with Gasteiger partial charge in [-0.2, -0.15) is 0 Å². The predicted molar refractivity (Wildman–Crippen MR) is 151 cm³/mol. The summed E-state index contributed by atoms with van der Waals surface area (Å²) in [5.41, 5.74) is 0.0156. The van der Waals surface area contributed by atoms with Crippen LogP contribution in [0, 0.1) is 16.7 Å². The van der Waals surface area contributed by atoms with Crippen molar-refractivity contribution in [2.45, 2.75) is 109 Å². The van der Waals surface area contributed by atoms with Gasteiger partial charge in [0.15, 0.2) is 11.6 Å². The first-order chi connectivity index (χ1) is 19.4. The van der Waals surface area contributed by atoms with E-state index in [-0.39, 0.29) is 30.1 Å². The van der Waals surface area contributed by atoms with Crippen LogP contribution in [-0.4, -0.2) is 52.3 Å². The van der Waals surface area contributed by atoms with E-state index in [1.807, 2.05) is 26.0 Å². The Hall–Kier alpha value is -2.91. The zero-order chi connectivity index (χ0) is 29.4. The lowest BCUT2D eigenvalue weighted by molar-refractivity contribution is -0.298. The number of carbonyl (C=O) groups is 3. The van der Waals surface area contributed by atoms with E-state index in [4.69, 9.17) is 13.9 Å². The Morgan fingerprint density at radius 3 is 2.51 bits per heavy atom. The van der Waals surface area contributed by atoms with Crippen molar-refractivity contribution in [3.8, 4) is 0 Å². The Bertz CT molecular complexity index is 1240. The second kappa shape index (κ2) is 11.4. The molecule has 0 radical (unpaired) electrons. The van der Waals surface area contributed by atoms with E-state index in [2.05, 4.69) is 10.3 Å².